The van der Waals surface area contributed by atoms with Gasteiger partial charge in [0.25, 0.3) is 0 Å². The maximum absolute atomic E-state index is 12.1. The molecule has 0 saturated carbocycles. The lowest BCUT2D eigenvalue weighted by atomic mass is 10.1. The number of halogens is 3. The summed E-state index contributed by atoms with van der Waals surface area (Å²) in [5.41, 5.74) is 0. The number of nitrogens with zero attached hydrogens (tertiary/aromatic N) is 1. The normalized spacial score (nSPS) is 19.4. The third kappa shape index (κ3) is 2.80. The van der Waals surface area contributed by atoms with E-state index in [-0.39, 0.29) is 6.04 Å². The number of hydrogen-bond donors (Lipinski definition) is 0. The molecule has 1 rings (SSSR count). The molecular weight excluding hydrogens is 215 g/mol. The first-order valence-electron chi connectivity index (χ1n) is 4.34. The zero-order valence-electron chi connectivity index (χ0n) is 7.80. The Balaban J connectivity index is 2.55. The zero-order valence-corrected chi connectivity index (χ0v) is 8.62. The summed E-state index contributed by atoms with van der Waals surface area (Å²) in [4.78, 5) is 11.7. The van der Waals surface area contributed by atoms with Gasteiger partial charge in [-0.1, -0.05) is 0 Å². The van der Waals surface area contributed by atoms with Crippen LogP contribution < -0.4 is 0 Å². The molecular formula is C8H12F3NOS. The zero-order chi connectivity index (χ0) is 10.8. The van der Waals surface area contributed by atoms with E-state index in [1.165, 1.54) is 7.05 Å². The Labute approximate surface area is 84.8 Å². The summed E-state index contributed by atoms with van der Waals surface area (Å²) >= 11 is 1.72. The Bertz CT molecular complexity index is 213. The third-order valence-corrected chi connectivity index (χ3v) is 3.35. The molecule has 1 fully saturated rings. The van der Waals surface area contributed by atoms with Crippen LogP contribution in [0.4, 0.5) is 13.2 Å². The average molecular weight is 227 g/mol. The van der Waals surface area contributed by atoms with Crippen LogP contribution in [-0.2, 0) is 4.79 Å². The number of rotatable bonds is 1. The van der Waals surface area contributed by atoms with E-state index in [2.05, 4.69) is 0 Å². The summed E-state index contributed by atoms with van der Waals surface area (Å²) in [6.07, 6.45) is -3.43. The smallest absolute Gasteiger partial charge is 0.335 e. The van der Waals surface area contributed by atoms with E-state index in [4.69, 9.17) is 0 Å². The van der Waals surface area contributed by atoms with Gasteiger partial charge in [-0.15, -0.1) is 0 Å². The fourth-order valence-electron chi connectivity index (χ4n) is 1.44. The summed E-state index contributed by atoms with van der Waals surface area (Å²) in [6.45, 7) is 0. The predicted molar refractivity (Wildman–Crippen MR) is 49.2 cm³/mol. The highest BCUT2D eigenvalue weighted by Gasteiger charge is 2.43. The fraction of sp³-hybridized carbons (Fsp3) is 0.875. The lowest BCUT2D eigenvalue weighted by Crippen LogP contribution is -2.45. The number of alkyl halides is 3. The number of carbonyl (C=O) groups is 1. The summed E-state index contributed by atoms with van der Waals surface area (Å²) < 4.78 is 36.2. The van der Waals surface area contributed by atoms with Crippen LogP contribution in [-0.4, -0.2) is 41.6 Å². The second kappa shape index (κ2) is 4.42. The minimum atomic E-state index is -4.74. The maximum atomic E-state index is 12.1. The van der Waals surface area contributed by atoms with E-state index in [1.54, 1.807) is 11.8 Å². The Morgan fingerprint density at radius 1 is 1.36 bits per heavy atom. The van der Waals surface area contributed by atoms with Crippen LogP contribution in [0.15, 0.2) is 0 Å². The molecule has 0 atom stereocenters. The summed E-state index contributed by atoms with van der Waals surface area (Å²) in [5.74, 6) is -0.0605. The molecule has 1 amide bonds. The molecule has 1 saturated heterocycles. The summed E-state index contributed by atoms with van der Waals surface area (Å²) in [5, 5.41) is 0. The van der Waals surface area contributed by atoms with Crippen LogP contribution in [0, 0.1) is 0 Å². The standard InChI is InChI=1S/C8H12F3NOS/c1-12(7(13)8(9,10)11)6-2-4-14-5-3-6/h6H,2-5H2,1H3. The highest BCUT2D eigenvalue weighted by molar-refractivity contribution is 7.99. The lowest BCUT2D eigenvalue weighted by molar-refractivity contribution is -0.186. The van der Waals surface area contributed by atoms with Crippen LogP contribution >= 0.6 is 11.8 Å². The van der Waals surface area contributed by atoms with E-state index in [0.717, 1.165) is 16.4 Å². The maximum Gasteiger partial charge on any atom is 0.471 e. The molecule has 0 radical (unpaired) electrons. The first-order valence-corrected chi connectivity index (χ1v) is 5.50. The van der Waals surface area contributed by atoms with Crippen LogP contribution in [0.3, 0.4) is 0 Å². The van der Waals surface area contributed by atoms with Gasteiger partial charge in [0.15, 0.2) is 0 Å². The molecule has 0 spiro atoms. The van der Waals surface area contributed by atoms with Crippen LogP contribution in [0.2, 0.25) is 0 Å². The fourth-order valence-corrected chi connectivity index (χ4v) is 2.52. The first kappa shape index (κ1) is 11.7. The molecule has 0 N–H and O–H groups in total. The number of thioether (sulfide) groups is 1. The lowest BCUT2D eigenvalue weighted by Gasteiger charge is -2.31. The highest BCUT2D eigenvalue weighted by atomic mass is 32.2. The number of hydrogen-bond acceptors (Lipinski definition) is 2. The molecule has 0 aromatic rings. The topological polar surface area (TPSA) is 20.3 Å². The number of carbonyl (C=O) groups excluding carboxylic acids is 1. The molecule has 1 aliphatic heterocycles. The second-order valence-corrected chi connectivity index (χ2v) is 4.48. The monoisotopic (exact) mass is 227 g/mol. The Hall–Kier alpha value is -0.390. The van der Waals surface area contributed by atoms with Crippen molar-refractivity contribution in [1.82, 2.24) is 4.90 Å². The molecule has 0 unspecified atom stereocenters. The van der Waals surface area contributed by atoms with Crippen molar-refractivity contribution in [1.29, 1.82) is 0 Å². The van der Waals surface area contributed by atoms with Gasteiger partial charge in [0, 0.05) is 13.1 Å². The SMILES string of the molecule is CN(C(=O)C(F)(F)F)C1CCSCC1. The molecule has 0 bridgehead atoms. The molecule has 0 aromatic heterocycles. The van der Waals surface area contributed by atoms with Gasteiger partial charge < -0.3 is 4.90 Å². The summed E-state index contributed by atoms with van der Waals surface area (Å²) in [6, 6.07) is -0.245. The molecule has 0 aliphatic carbocycles. The third-order valence-electron chi connectivity index (χ3n) is 2.30. The van der Waals surface area contributed by atoms with Gasteiger partial charge in [-0.2, -0.15) is 24.9 Å². The molecule has 14 heavy (non-hydrogen) atoms. The van der Waals surface area contributed by atoms with Crippen LogP contribution in [0.1, 0.15) is 12.8 Å². The van der Waals surface area contributed by atoms with Crippen molar-refractivity contribution < 1.29 is 18.0 Å². The van der Waals surface area contributed by atoms with Crippen molar-refractivity contribution in [3.63, 3.8) is 0 Å². The van der Waals surface area contributed by atoms with E-state index in [1.807, 2.05) is 0 Å². The van der Waals surface area contributed by atoms with Crippen molar-refractivity contribution >= 4 is 17.7 Å². The van der Waals surface area contributed by atoms with Gasteiger partial charge in [-0.05, 0) is 24.3 Å². The van der Waals surface area contributed by atoms with E-state index < -0.39 is 12.1 Å². The van der Waals surface area contributed by atoms with E-state index >= 15 is 0 Å². The van der Waals surface area contributed by atoms with Crippen molar-refractivity contribution in [3.05, 3.63) is 0 Å². The molecule has 1 heterocycles. The molecule has 2 nitrogen and oxygen atoms in total. The minimum absolute atomic E-state index is 0.245. The van der Waals surface area contributed by atoms with Gasteiger partial charge in [0.2, 0.25) is 0 Å². The Morgan fingerprint density at radius 3 is 2.29 bits per heavy atom. The van der Waals surface area contributed by atoms with Crippen molar-refractivity contribution in [3.8, 4) is 0 Å². The van der Waals surface area contributed by atoms with Crippen molar-refractivity contribution in [2.75, 3.05) is 18.6 Å². The molecule has 1 aliphatic rings. The van der Waals surface area contributed by atoms with E-state index in [0.29, 0.717) is 12.8 Å². The minimum Gasteiger partial charge on any atom is -0.335 e. The van der Waals surface area contributed by atoms with Crippen LogP contribution in [0.5, 0.6) is 0 Å². The Morgan fingerprint density at radius 2 is 1.86 bits per heavy atom. The van der Waals surface area contributed by atoms with Gasteiger partial charge in [0.1, 0.15) is 0 Å². The molecule has 82 valence electrons. The predicted octanol–water partition coefficient (Wildman–Crippen LogP) is 1.90. The van der Waals surface area contributed by atoms with Crippen molar-refractivity contribution in [2.45, 2.75) is 25.1 Å². The van der Waals surface area contributed by atoms with Gasteiger partial charge in [-0.25, -0.2) is 0 Å². The van der Waals surface area contributed by atoms with Gasteiger partial charge >= 0.3 is 12.1 Å². The van der Waals surface area contributed by atoms with Gasteiger partial charge in [0.05, 0.1) is 0 Å². The molecule has 0 aromatic carbocycles. The highest BCUT2D eigenvalue weighted by Crippen LogP contribution is 2.25. The second-order valence-electron chi connectivity index (χ2n) is 3.26. The quantitative estimate of drug-likeness (QED) is 0.682. The number of amides is 1. The van der Waals surface area contributed by atoms with Crippen molar-refractivity contribution in [2.24, 2.45) is 0 Å². The first-order chi connectivity index (χ1) is 6.43. The largest absolute Gasteiger partial charge is 0.471 e. The van der Waals surface area contributed by atoms with E-state index in [9.17, 15) is 18.0 Å². The van der Waals surface area contributed by atoms with Crippen LogP contribution in [0.25, 0.3) is 0 Å². The molecule has 6 heteroatoms. The van der Waals surface area contributed by atoms with Gasteiger partial charge in [-0.3, -0.25) is 4.79 Å². The Kier molecular flexibility index (Phi) is 3.69. The summed E-state index contributed by atoms with van der Waals surface area (Å²) in [7, 11) is 1.23. The average Bonchev–Trinajstić information content (AvgIpc) is 2.15.